The summed E-state index contributed by atoms with van der Waals surface area (Å²) >= 11 is 3.41. The molecule has 1 heterocycles. The van der Waals surface area contributed by atoms with Gasteiger partial charge in [-0.3, -0.25) is 4.98 Å². The van der Waals surface area contributed by atoms with Gasteiger partial charge in [0.1, 0.15) is 0 Å². The maximum Gasteiger partial charge on any atom is 0.340 e. The number of para-hydroxylation sites is 1. The molecule has 0 saturated carbocycles. The molecule has 0 fully saturated rings. The van der Waals surface area contributed by atoms with Crippen molar-refractivity contribution in [3.8, 4) is 0 Å². The average Bonchev–Trinajstić information content (AvgIpc) is 2.30. The molecule has 16 heavy (non-hydrogen) atoms. The number of benzene rings is 1. The SMILES string of the molecule is CCOC(=O)c1cnc2ccccc2c1Br. The van der Waals surface area contributed by atoms with Crippen LogP contribution in [0.25, 0.3) is 10.9 Å². The van der Waals surface area contributed by atoms with Crippen LogP contribution in [0.3, 0.4) is 0 Å². The molecule has 0 atom stereocenters. The minimum atomic E-state index is -0.354. The standard InChI is InChI=1S/C12H10BrNO2/c1-2-16-12(15)9-7-14-10-6-4-3-5-8(10)11(9)13/h3-7H,2H2,1H3. The maximum atomic E-state index is 11.6. The highest BCUT2D eigenvalue weighted by atomic mass is 79.9. The van der Waals surface area contributed by atoms with Crippen molar-refractivity contribution < 1.29 is 9.53 Å². The number of esters is 1. The summed E-state index contributed by atoms with van der Waals surface area (Å²) in [5, 5.41) is 0.910. The number of hydrogen-bond acceptors (Lipinski definition) is 3. The maximum absolute atomic E-state index is 11.6. The van der Waals surface area contributed by atoms with Gasteiger partial charge in [-0.15, -0.1) is 0 Å². The Bertz CT molecular complexity index is 540. The van der Waals surface area contributed by atoms with E-state index in [1.54, 1.807) is 6.92 Å². The van der Waals surface area contributed by atoms with E-state index >= 15 is 0 Å². The minimum absolute atomic E-state index is 0.354. The Kier molecular flexibility index (Phi) is 3.19. The second-order valence-corrected chi connectivity index (χ2v) is 4.02. The van der Waals surface area contributed by atoms with Gasteiger partial charge in [-0.1, -0.05) is 18.2 Å². The number of hydrogen-bond donors (Lipinski definition) is 0. The predicted octanol–water partition coefficient (Wildman–Crippen LogP) is 3.17. The molecule has 0 radical (unpaired) electrons. The first-order valence-electron chi connectivity index (χ1n) is 4.94. The molecular formula is C12H10BrNO2. The Morgan fingerprint density at radius 2 is 2.19 bits per heavy atom. The molecule has 0 unspecified atom stereocenters. The van der Waals surface area contributed by atoms with Crippen LogP contribution in [0.15, 0.2) is 34.9 Å². The van der Waals surface area contributed by atoms with E-state index in [2.05, 4.69) is 20.9 Å². The number of carbonyl (C=O) groups excluding carboxylic acids is 1. The summed E-state index contributed by atoms with van der Waals surface area (Å²) in [5.74, 6) is -0.354. The van der Waals surface area contributed by atoms with Crippen LogP contribution in [0.5, 0.6) is 0 Å². The van der Waals surface area contributed by atoms with Crippen LogP contribution in [0.4, 0.5) is 0 Å². The molecule has 0 bridgehead atoms. The van der Waals surface area contributed by atoms with Gasteiger partial charge in [-0.2, -0.15) is 0 Å². The van der Waals surface area contributed by atoms with Crippen LogP contribution >= 0.6 is 15.9 Å². The van der Waals surface area contributed by atoms with Crippen molar-refractivity contribution in [1.29, 1.82) is 0 Å². The summed E-state index contributed by atoms with van der Waals surface area (Å²) in [7, 11) is 0. The van der Waals surface area contributed by atoms with E-state index in [0.29, 0.717) is 12.2 Å². The molecule has 3 nitrogen and oxygen atoms in total. The third-order valence-corrected chi connectivity index (χ3v) is 3.06. The Labute approximate surface area is 102 Å². The normalized spacial score (nSPS) is 10.4. The lowest BCUT2D eigenvalue weighted by Crippen LogP contribution is -2.06. The van der Waals surface area contributed by atoms with Crippen molar-refractivity contribution in [2.24, 2.45) is 0 Å². The molecular weight excluding hydrogens is 270 g/mol. The zero-order valence-corrected chi connectivity index (χ0v) is 10.3. The molecule has 0 saturated heterocycles. The van der Waals surface area contributed by atoms with Crippen LogP contribution in [-0.2, 0) is 4.74 Å². The molecule has 82 valence electrons. The molecule has 0 aliphatic carbocycles. The highest BCUT2D eigenvalue weighted by Crippen LogP contribution is 2.26. The highest BCUT2D eigenvalue weighted by Gasteiger charge is 2.13. The lowest BCUT2D eigenvalue weighted by molar-refractivity contribution is 0.0525. The Balaban J connectivity index is 2.56. The Hall–Kier alpha value is -1.42. The second-order valence-electron chi connectivity index (χ2n) is 3.22. The monoisotopic (exact) mass is 279 g/mol. The molecule has 0 aliphatic rings. The van der Waals surface area contributed by atoms with E-state index < -0.39 is 0 Å². The lowest BCUT2D eigenvalue weighted by atomic mass is 10.1. The summed E-state index contributed by atoms with van der Waals surface area (Å²) < 4.78 is 5.68. The number of pyridine rings is 1. The second kappa shape index (κ2) is 4.61. The molecule has 4 heteroatoms. The van der Waals surface area contributed by atoms with Gasteiger partial charge in [0.25, 0.3) is 0 Å². The summed E-state index contributed by atoms with van der Waals surface area (Å²) in [6.07, 6.45) is 1.53. The van der Waals surface area contributed by atoms with Crippen molar-refractivity contribution in [2.75, 3.05) is 6.61 Å². The fourth-order valence-corrected chi connectivity index (χ4v) is 2.06. The van der Waals surface area contributed by atoms with Gasteiger partial charge in [-0.05, 0) is 28.9 Å². The third-order valence-electron chi connectivity index (χ3n) is 2.21. The van der Waals surface area contributed by atoms with E-state index in [0.717, 1.165) is 15.4 Å². The van der Waals surface area contributed by atoms with Crippen molar-refractivity contribution in [2.45, 2.75) is 6.92 Å². The van der Waals surface area contributed by atoms with E-state index in [-0.39, 0.29) is 5.97 Å². The van der Waals surface area contributed by atoms with E-state index in [4.69, 9.17) is 4.74 Å². The van der Waals surface area contributed by atoms with Gasteiger partial charge in [0.15, 0.2) is 0 Å². The first-order valence-corrected chi connectivity index (χ1v) is 5.73. The number of carbonyl (C=O) groups is 1. The van der Waals surface area contributed by atoms with Crippen molar-refractivity contribution in [3.05, 3.63) is 40.5 Å². The number of aromatic nitrogens is 1. The molecule has 0 N–H and O–H groups in total. The third kappa shape index (κ3) is 1.93. The first-order chi connectivity index (χ1) is 7.74. The summed E-state index contributed by atoms with van der Waals surface area (Å²) in [4.78, 5) is 15.8. The fraction of sp³-hybridized carbons (Fsp3) is 0.167. The number of nitrogens with zero attached hydrogens (tertiary/aromatic N) is 1. The number of rotatable bonds is 2. The van der Waals surface area contributed by atoms with Gasteiger partial charge in [0.2, 0.25) is 0 Å². The fourth-order valence-electron chi connectivity index (χ4n) is 1.46. The molecule has 0 spiro atoms. The molecule has 0 amide bonds. The van der Waals surface area contributed by atoms with E-state index in [9.17, 15) is 4.79 Å². The Morgan fingerprint density at radius 1 is 1.44 bits per heavy atom. The smallest absolute Gasteiger partial charge is 0.340 e. The zero-order valence-electron chi connectivity index (χ0n) is 8.74. The van der Waals surface area contributed by atoms with Crippen LogP contribution in [-0.4, -0.2) is 17.6 Å². The lowest BCUT2D eigenvalue weighted by Gasteiger charge is -2.06. The van der Waals surface area contributed by atoms with Gasteiger partial charge >= 0.3 is 5.97 Å². The summed E-state index contributed by atoms with van der Waals surface area (Å²) in [6, 6.07) is 7.62. The topological polar surface area (TPSA) is 39.2 Å². The molecule has 1 aromatic heterocycles. The number of ether oxygens (including phenoxy) is 1. The van der Waals surface area contributed by atoms with Gasteiger partial charge in [-0.25, -0.2) is 4.79 Å². The van der Waals surface area contributed by atoms with Crippen LogP contribution in [0.1, 0.15) is 17.3 Å². The molecule has 1 aromatic carbocycles. The van der Waals surface area contributed by atoms with Crippen molar-refractivity contribution in [1.82, 2.24) is 4.98 Å². The largest absolute Gasteiger partial charge is 0.462 e. The predicted molar refractivity (Wildman–Crippen MR) is 65.4 cm³/mol. The van der Waals surface area contributed by atoms with Gasteiger partial charge in [0.05, 0.1) is 17.7 Å². The van der Waals surface area contributed by atoms with E-state index in [1.165, 1.54) is 6.20 Å². The van der Waals surface area contributed by atoms with E-state index in [1.807, 2.05) is 24.3 Å². The van der Waals surface area contributed by atoms with Crippen molar-refractivity contribution >= 4 is 32.8 Å². The van der Waals surface area contributed by atoms with Crippen LogP contribution in [0, 0.1) is 0 Å². The van der Waals surface area contributed by atoms with Crippen LogP contribution < -0.4 is 0 Å². The highest BCUT2D eigenvalue weighted by molar-refractivity contribution is 9.10. The number of fused-ring (bicyclic) bond motifs is 1. The average molecular weight is 280 g/mol. The quantitative estimate of drug-likeness (QED) is 0.793. The summed E-state index contributed by atoms with van der Waals surface area (Å²) in [6.45, 7) is 2.14. The molecule has 2 aromatic rings. The van der Waals surface area contributed by atoms with Gasteiger partial charge in [0, 0.05) is 16.1 Å². The zero-order chi connectivity index (χ0) is 11.5. The minimum Gasteiger partial charge on any atom is -0.462 e. The number of halogens is 1. The van der Waals surface area contributed by atoms with Crippen LogP contribution in [0.2, 0.25) is 0 Å². The molecule has 2 rings (SSSR count). The Morgan fingerprint density at radius 3 is 2.94 bits per heavy atom. The molecule has 0 aliphatic heterocycles. The van der Waals surface area contributed by atoms with Gasteiger partial charge < -0.3 is 4.74 Å². The summed E-state index contributed by atoms with van der Waals surface area (Å²) in [5.41, 5.74) is 1.31. The van der Waals surface area contributed by atoms with Crippen molar-refractivity contribution in [3.63, 3.8) is 0 Å². The first kappa shape index (κ1) is 11.1.